The van der Waals surface area contributed by atoms with Crippen LogP contribution in [0.2, 0.25) is 0 Å². The molecule has 0 spiro atoms. The zero-order valence-corrected chi connectivity index (χ0v) is 26.0. The van der Waals surface area contributed by atoms with Crippen molar-refractivity contribution >= 4 is 11.3 Å². The zero-order valence-electron chi connectivity index (χ0n) is 25.1. The molecule has 4 atom stereocenters. The fraction of sp³-hybridized carbons (Fsp3) is 0.167. The fourth-order valence-corrected chi connectivity index (χ4v) is 6.18. The topological polar surface area (TPSA) is 97.7 Å². The molecule has 0 aliphatic carbocycles. The van der Waals surface area contributed by atoms with Crippen molar-refractivity contribution in [3.05, 3.63) is 155 Å². The van der Waals surface area contributed by atoms with Crippen LogP contribution in [0.25, 0.3) is 0 Å². The fourth-order valence-electron chi connectivity index (χ4n) is 5.09. The van der Waals surface area contributed by atoms with Crippen LogP contribution in [-0.2, 0) is 11.3 Å². The van der Waals surface area contributed by atoms with Crippen LogP contribution in [0.1, 0.15) is 46.2 Å². The summed E-state index contributed by atoms with van der Waals surface area (Å²) >= 11 is -2.32. The summed E-state index contributed by atoms with van der Waals surface area (Å²) in [7, 11) is 4.68. The highest BCUT2D eigenvalue weighted by Crippen LogP contribution is 2.42. The van der Waals surface area contributed by atoms with E-state index in [1.807, 2.05) is 42.5 Å². The Morgan fingerprint density at radius 3 is 1.78 bits per heavy atom. The van der Waals surface area contributed by atoms with Crippen LogP contribution in [0.15, 0.2) is 127 Å². The molecule has 45 heavy (non-hydrogen) atoms. The number of hydrogen-bond acceptors (Lipinski definition) is 7. The van der Waals surface area contributed by atoms with Crippen LogP contribution in [0.5, 0.6) is 23.0 Å². The molecule has 9 heteroatoms. The van der Waals surface area contributed by atoms with Crippen molar-refractivity contribution in [3.8, 4) is 23.0 Å². The predicted octanol–water partition coefficient (Wildman–Crippen LogP) is 6.53. The minimum atomic E-state index is -2.32. The first-order chi connectivity index (χ1) is 21.9. The quantitative estimate of drug-likeness (QED) is 0.144. The first-order valence-corrected chi connectivity index (χ1v) is 15.3. The molecule has 0 radical (unpaired) electrons. The summed E-state index contributed by atoms with van der Waals surface area (Å²) in [4.78, 5) is 0. The number of aliphatic hydroxyl groups excluding tert-OH is 2. The molecule has 8 nitrogen and oxygen atoms in total. The van der Waals surface area contributed by atoms with Crippen molar-refractivity contribution in [2.75, 3.05) is 21.3 Å². The van der Waals surface area contributed by atoms with E-state index >= 15 is 0 Å². The third-order valence-electron chi connectivity index (χ3n) is 7.42. The maximum atomic E-state index is 14.6. The van der Waals surface area contributed by atoms with E-state index in [1.165, 1.54) is 11.4 Å². The molecule has 0 saturated heterocycles. The van der Waals surface area contributed by atoms with Crippen molar-refractivity contribution in [1.82, 2.24) is 4.31 Å². The van der Waals surface area contributed by atoms with Gasteiger partial charge >= 0.3 is 0 Å². The van der Waals surface area contributed by atoms with Gasteiger partial charge in [0.25, 0.3) is 11.3 Å². The van der Waals surface area contributed by atoms with E-state index in [-0.39, 0.29) is 5.75 Å². The molecule has 0 amide bonds. The summed E-state index contributed by atoms with van der Waals surface area (Å²) in [6.45, 7) is 0. The van der Waals surface area contributed by atoms with E-state index in [0.717, 1.165) is 0 Å². The van der Waals surface area contributed by atoms with Gasteiger partial charge in [-0.2, -0.15) is 4.21 Å². The number of para-hydroxylation sites is 1. The van der Waals surface area contributed by atoms with E-state index in [0.29, 0.717) is 45.1 Å². The normalized spacial score (nSPS) is 13.8. The molecule has 0 saturated carbocycles. The molecule has 5 rings (SSSR count). The lowest BCUT2D eigenvalue weighted by Crippen LogP contribution is -2.37. The van der Waals surface area contributed by atoms with Gasteiger partial charge in [0.1, 0.15) is 35.3 Å². The van der Waals surface area contributed by atoms with Crippen molar-refractivity contribution in [1.29, 1.82) is 0 Å². The van der Waals surface area contributed by atoms with Crippen LogP contribution in [0, 0.1) is 0 Å². The number of benzene rings is 5. The highest BCUT2D eigenvalue weighted by atomic mass is 32.2. The van der Waals surface area contributed by atoms with Crippen LogP contribution < -0.4 is 18.4 Å². The predicted molar refractivity (Wildman–Crippen MR) is 173 cm³/mol. The van der Waals surface area contributed by atoms with Gasteiger partial charge in [-0.1, -0.05) is 91.0 Å². The molecule has 0 bridgehead atoms. The zero-order chi connectivity index (χ0) is 31.8. The standard InChI is InChI=1S/C36H35NO7S/c1-41-28-20-18-25(19-21-28)34(30-23-22-29(42-2)24-33(30)43-3)37(36(39)27-14-8-5-9-15-27)45(40)44-32-17-11-10-16-31(32)35(38)26-12-6-4-7-13-26/h4-24,34-36,38-39H,1-3H3. The first kappa shape index (κ1) is 31.7. The molecule has 0 fully saturated rings. The largest absolute Gasteiger partial charge is 0.497 e. The van der Waals surface area contributed by atoms with E-state index in [2.05, 4.69) is 0 Å². The van der Waals surface area contributed by atoms with Gasteiger partial charge in [0.2, 0.25) is 0 Å². The Morgan fingerprint density at radius 1 is 0.578 bits per heavy atom. The second-order valence-electron chi connectivity index (χ2n) is 10.1. The molecular weight excluding hydrogens is 590 g/mol. The minimum Gasteiger partial charge on any atom is -0.497 e. The van der Waals surface area contributed by atoms with Gasteiger partial charge in [-0.15, -0.1) is 4.31 Å². The van der Waals surface area contributed by atoms with Crippen molar-refractivity contribution < 1.29 is 32.8 Å². The molecule has 0 aliphatic heterocycles. The van der Waals surface area contributed by atoms with E-state index in [4.69, 9.17) is 18.4 Å². The third-order valence-corrected chi connectivity index (χ3v) is 8.50. The average molecular weight is 626 g/mol. The Balaban J connectivity index is 1.65. The van der Waals surface area contributed by atoms with Crippen molar-refractivity contribution in [2.45, 2.75) is 18.4 Å². The number of rotatable bonds is 13. The number of ether oxygens (including phenoxy) is 3. The average Bonchev–Trinajstić information content (AvgIpc) is 3.10. The minimum absolute atomic E-state index is 0.202. The van der Waals surface area contributed by atoms with Gasteiger partial charge in [0, 0.05) is 17.2 Å². The third kappa shape index (κ3) is 7.19. The maximum absolute atomic E-state index is 14.6. The molecular formula is C36H35NO7S. The van der Waals surface area contributed by atoms with Gasteiger partial charge < -0.3 is 28.6 Å². The Hall–Kier alpha value is -4.67. The lowest BCUT2D eigenvalue weighted by molar-refractivity contribution is 0.0443. The highest BCUT2D eigenvalue weighted by Gasteiger charge is 2.37. The van der Waals surface area contributed by atoms with Crippen molar-refractivity contribution in [3.63, 3.8) is 0 Å². The lowest BCUT2D eigenvalue weighted by atomic mass is 9.96. The summed E-state index contributed by atoms with van der Waals surface area (Å²) in [5, 5.41) is 23.2. The molecule has 0 aromatic heterocycles. The Kier molecular flexibility index (Phi) is 10.5. The number of hydrogen-bond donors (Lipinski definition) is 2. The van der Waals surface area contributed by atoms with Crippen LogP contribution >= 0.6 is 0 Å². The number of aliphatic hydroxyl groups is 2. The maximum Gasteiger partial charge on any atom is 0.294 e. The summed E-state index contributed by atoms with van der Waals surface area (Å²) in [6.07, 6.45) is -2.43. The van der Waals surface area contributed by atoms with Crippen molar-refractivity contribution in [2.24, 2.45) is 0 Å². The van der Waals surface area contributed by atoms with Crippen LogP contribution in [0.3, 0.4) is 0 Å². The number of methoxy groups -OCH3 is 3. The van der Waals surface area contributed by atoms with E-state index in [1.54, 1.807) is 99.1 Å². The molecule has 0 aliphatic rings. The summed E-state index contributed by atoms with van der Waals surface area (Å²) in [5.41, 5.74) is 2.86. The second kappa shape index (κ2) is 14.9. The Bertz CT molecular complexity index is 1700. The van der Waals surface area contributed by atoms with Gasteiger partial charge in [0.05, 0.1) is 27.4 Å². The summed E-state index contributed by atoms with van der Waals surface area (Å²) in [6, 6.07) is 36.7. The lowest BCUT2D eigenvalue weighted by Gasteiger charge is -2.34. The van der Waals surface area contributed by atoms with Gasteiger partial charge in [0.15, 0.2) is 0 Å². The molecule has 5 aromatic rings. The smallest absolute Gasteiger partial charge is 0.294 e. The summed E-state index contributed by atoms with van der Waals surface area (Å²) < 4.78 is 38.7. The van der Waals surface area contributed by atoms with Gasteiger partial charge in [-0.3, -0.25) is 0 Å². The van der Waals surface area contributed by atoms with Gasteiger partial charge in [-0.05, 0) is 47.0 Å². The van der Waals surface area contributed by atoms with Gasteiger partial charge in [-0.25, -0.2) is 0 Å². The molecule has 4 unspecified atom stereocenters. The Morgan fingerprint density at radius 2 is 1.16 bits per heavy atom. The van der Waals surface area contributed by atoms with E-state index in [9.17, 15) is 14.4 Å². The molecule has 5 aromatic carbocycles. The molecule has 0 heterocycles. The highest BCUT2D eigenvalue weighted by molar-refractivity contribution is 7.78. The molecule has 2 N–H and O–H groups in total. The van der Waals surface area contributed by atoms with E-state index < -0.39 is 29.6 Å². The monoisotopic (exact) mass is 625 g/mol. The first-order valence-electron chi connectivity index (χ1n) is 14.2. The SMILES string of the molecule is COc1ccc(C(c2ccc(OC)cc2OC)N(C(O)c2ccccc2)S(=O)Oc2ccccc2C(O)c2ccccc2)cc1. The Labute approximate surface area is 265 Å². The number of nitrogens with zero attached hydrogens (tertiary/aromatic N) is 1. The van der Waals surface area contributed by atoms with Crippen LogP contribution in [0.4, 0.5) is 0 Å². The molecule has 232 valence electrons. The summed E-state index contributed by atoms with van der Waals surface area (Å²) in [5.74, 6) is 1.86. The second-order valence-corrected chi connectivity index (χ2v) is 11.1. The van der Waals surface area contributed by atoms with Crippen LogP contribution in [-0.4, -0.2) is 40.1 Å².